The zero-order valence-corrected chi connectivity index (χ0v) is 14.1. The molecule has 9 heteroatoms. The third-order valence-corrected chi connectivity index (χ3v) is 5.61. The summed E-state index contributed by atoms with van der Waals surface area (Å²) in [6.07, 6.45) is 0. The van der Waals surface area contributed by atoms with Crippen LogP contribution in [-0.4, -0.2) is 70.5 Å². The molecule has 7 nitrogen and oxygen atoms in total. The van der Waals surface area contributed by atoms with Crippen molar-refractivity contribution in [3.8, 4) is 0 Å². The Morgan fingerprint density at radius 3 is 2.43 bits per heavy atom. The number of piperazine rings is 1. The molecule has 1 aliphatic rings. The number of sulfonamides is 1. The van der Waals surface area contributed by atoms with E-state index < -0.39 is 21.7 Å². The summed E-state index contributed by atoms with van der Waals surface area (Å²) in [6.45, 7) is 3.00. The second-order valence-electron chi connectivity index (χ2n) is 5.69. The van der Waals surface area contributed by atoms with Crippen molar-refractivity contribution in [3.63, 3.8) is 0 Å². The number of amides is 1. The van der Waals surface area contributed by atoms with Crippen molar-refractivity contribution in [2.45, 2.75) is 4.90 Å². The summed E-state index contributed by atoms with van der Waals surface area (Å²) in [5.41, 5.74) is 2.72. The van der Waals surface area contributed by atoms with E-state index in [9.17, 15) is 17.6 Å². The van der Waals surface area contributed by atoms with Crippen molar-refractivity contribution in [1.29, 1.82) is 0 Å². The Labute approximate surface area is 135 Å². The van der Waals surface area contributed by atoms with Crippen molar-refractivity contribution in [3.05, 3.63) is 30.1 Å². The molecule has 1 aliphatic heterocycles. The molecule has 0 atom stereocenters. The first-order chi connectivity index (χ1) is 10.8. The fourth-order valence-electron chi connectivity index (χ4n) is 2.29. The van der Waals surface area contributed by atoms with Crippen LogP contribution < -0.4 is 10.3 Å². The molecule has 0 bridgehead atoms. The van der Waals surface area contributed by atoms with Crippen molar-refractivity contribution in [1.82, 2.24) is 14.7 Å². The molecule has 1 saturated heterocycles. The molecule has 1 fully saturated rings. The Morgan fingerprint density at radius 1 is 1.30 bits per heavy atom. The Hall–Kier alpha value is -1.55. The van der Waals surface area contributed by atoms with Gasteiger partial charge in [0, 0.05) is 7.05 Å². The molecule has 1 aromatic carbocycles. The summed E-state index contributed by atoms with van der Waals surface area (Å²) in [5.74, 6) is -0.903. The standard InChI is InChI=1S/C14H21FN4O3S/c1-17-7-9-19(10-8-17)16-14(20)11-18(2)23(21,22)13-5-3-12(15)4-6-13/h3-6H,7-11H2,1-2H3,(H,16,20)/p+1. The van der Waals surface area contributed by atoms with Crippen LogP contribution in [0.2, 0.25) is 0 Å². The Bertz CT molecular complexity index is 642. The largest absolute Gasteiger partial charge is 0.335 e. The quantitative estimate of drug-likeness (QED) is 0.668. The molecule has 0 spiro atoms. The minimum absolute atomic E-state index is 0.0441. The van der Waals surface area contributed by atoms with E-state index in [1.54, 1.807) is 5.01 Å². The maximum absolute atomic E-state index is 12.9. The lowest BCUT2D eigenvalue weighted by atomic mass is 10.4. The van der Waals surface area contributed by atoms with Gasteiger partial charge in [0.2, 0.25) is 15.9 Å². The molecule has 1 amide bonds. The first kappa shape index (κ1) is 17.8. The molecular formula is C14H22FN4O3S+. The maximum Gasteiger partial charge on any atom is 0.249 e. The number of quaternary nitrogens is 1. The van der Waals surface area contributed by atoms with E-state index in [0.29, 0.717) is 0 Å². The molecule has 0 aromatic heterocycles. The van der Waals surface area contributed by atoms with Gasteiger partial charge < -0.3 is 4.90 Å². The first-order valence-electron chi connectivity index (χ1n) is 7.36. The number of nitrogens with one attached hydrogen (secondary N) is 2. The van der Waals surface area contributed by atoms with Crippen molar-refractivity contribution in [2.75, 3.05) is 46.8 Å². The van der Waals surface area contributed by atoms with Crippen LogP contribution in [0.3, 0.4) is 0 Å². The predicted octanol–water partition coefficient (Wildman–Crippen LogP) is -1.69. The Balaban J connectivity index is 1.93. The molecule has 0 radical (unpaired) electrons. The summed E-state index contributed by atoms with van der Waals surface area (Å²) >= 11 is 0. The molecular weight excluding hydrogens is 323 g/mol. The fraction of sp³-hybridized carbons (Fsp3) is 0.500. The smallest absolute Gasteiger partial charge is 0.249 e. The number of hydrogen-bond donors (Lipinski definition) is 2. The van der Waals surface area contributed by atoms with Gasteiger partial charge in [0.15, 0.2) is 0 Å². The Kier molecular flexibility index (Phi) is 5.69. The third-order valence-electron chi connectivity index (χ3n) is 3.79. The van der Waals surface area contributed by atoms with Gasteiger partial charge in [0.25, 0.3) is 0 Å². The second-order valence-corrected chi connectivity index (χ2v) is 7.74. The maximum atomic E-state index is 12.9. The fourth-order valence-corrected chi connectivity index (χ4v) is 3.41. The lowest BCUT2D eigenvalue weighted by Gasteiger charge is -2.30. The Morgan fingerprint density at radius 2 is 1.87 bits per heavy atom. The van der Waals surface area contributed by atoms with Crippen molar-refractivity contribution >= 4 is 15.9 Å². The number of nitrogens with zero attached hydrogens (tertiary/aromatic N) is 2. The number of halogens is 1. The topological polar surface area (TPSA) is 74.2 Å². The number of rotatable bonds is 5. The van der Waals surface area contributed by atoms with Crippen LogP contribution in [-0.2, 0) is 14.8 Å². The molecule has 0 aliphatic carbocycles. The van der Waals surface area contributed by atoms with E-state index in [2.05, 4.69) is 12.5 Å². The lowest BCUT2D eigenvalue weighted by molar-refractivity contribution is -0.884. The number of carbonyl (C=O) groups excluding carboxylic acids is 1. The number of hydrogen-bond acceptors (Lipinski definition) is 4. The molecule has 1 heterocycles. The van der Waals surface area contributed by atoms with Crippen LogP contribution >= 0.6 is 0 Å². The third kappa shape index (κ3) is 4.71. The van der Waals surface area contributed by atoms with Gasteiger partial charge in [-0.05, 0) is 24.3 Å². The highest BCUT2D eigenvalue weighted by Crippen LogP contribution is 2.14. The molecule has 0 saturated carbocycles. The average molecular weight is 345 g/mol. The number of hydrazine groups is 1. The van der Waals surface area contributed by atoms with Gasteiger partial charge in [0.1, 0.15) is 5.82 Å². The average Bonchev–Trinajstić information content (AvgIpc) is 2.50. The molecule has 128 valence electrons. The van der Waals surface area contributed by atoms with Gasteiger partial charge in [-0.3, -0.25) is 10.2 Å². The zero-order chi connectivity index (χ0) is 17.0. The van der Waals surface area contributed by atoms with E-state index in [1.165, 1.54) is 24.1 Å². The molecule has 0 unspecified atom stereocenters. The van der Waals surface area contributed by atoms with E-state index in [1.807, 2.05) is 0 Å². The summed E-state index contributed by atoms with van der Waals surface area (Å²) in [5, 5.41) is 1.80. The summed E-state index contributed by atoms with van der Waals surface area (Å²) in [7, 11) is -0.406. The SMILES string of the molecule is CN(CC(=O)NN1CC[NH+](C)CC1)S(=O)(=O)c1ccc(F)cc1. The normalized spacial score (nSPS) is 17.4. The van der Waals surface area contributed by atoms with Crippen molar-refractivity contribution < 1.29 is 22.5 Å². The predicted molar refractivity (Wildman–Crippen MR) is 82.6 cm³/mol. The van der Waals surface area contributed by atoms with Gasteiger partial charge in [-0.1, -0.05) is 0 Å². The zero-order valence-electron chi connectivity index (χ0n) is 13.3. The highest BCUT2D eigenvalue weighted by Gasteiger charge is 2.24. The lowest BCUT2D eigenvalue weighted by Crippen LogP contribution is -3.12. The molecule has 1 aromatic rings. The minimum Gasteiger partial charge on any atom is -0.335 e. The van der Waals surface area contributed by atoms with E-state index >= 15 is 0 Å². The second kappa shape index (κ2) is 7.35. The van der Waals surface area contributed by atoms with E-state index in [4.69, 9.17) is 0 Å². The van der Waals surface area contributed by atoms with Gasteiger partial charge in [-0.15, -0.1) is 0 Å². The van der Waals surface area contributed by atoms with Gasteiger partial charge in [-0.2, -0.15) is 4.31 Å². The van der Waals surface area contributed by atoms with Crippen LogP contribution in [0.5, 0.6) is 0 Å². The van der Waals surface area contributed by atoms with Gasteiger partial charge in [-0.25, -0.2) is 17.8 Å². The molecule has 2 N–H and O–H groups in total. The van der Waals surface area contributed by atoms with Crippen LogP contribution in [0.15, 0.2) is 29.2 Å². The van der Waals surface area contributed by atoms with Crippen LogP contribution in [0.4, 0.5) is 4.39 Å². The number of carbonyl (C=O) groups is 1. The number of likely N-dealkylation sites (N-methyl/N-ethyl adjacent to an activating group) is 2. The van der Waals surface area contributed by atoms with Gasteiger partial charge >= 0.3 is 0 Å². The summed E-state index contributed by atoms with van der Waals surface area (Å²) < 4.78 is 38.5. The van der Waals surface area contributed by atoms with Crippen LogP contribution in [0, 0.1) is 5.82 Å². The first-order valence-corrected chi connectivity index (χ1v) is 8.80. The van der Waals surface area contributed by atoms with E-state index in [0.717, 1.165) is 42.6 Å². The number of benzene rings is 1. The highest BCUT2D eigenvalue weighted by atomic mass is 32.2. The van der Waals surface area contributed by atoms with Crippen LogP contribution in [0.25, 0.3) is 0 Å². The highest BCUT2D eigenvalue weighted by molar-refractivity contribution is 7.89. The summed E-state index contributed by atoms with van der Waals surface area (Å²) in [6, 6.07) is 4.52. The van der Waals surface area contributed by atoms with Crippen LogP contribution in [0.1, 0.15) is 0 Å². The summed E-state index contributed by atoms with van der Waals surface area (Å²) in [4.78, 5) is 13.4. The van der Waals surface area contributed by atoms with Crippen molar-refractivity contribution in [2.24, 2.45) is 0 Å². The minimum atomic E-state index is -3.82. The van der Waals surface area contributed by atoms with E-state index in [-0.39, 0.29) is 11.4 Å². The van der Waals surface area contributed by atoms with Gasteiger partial charge in [0.05, 0.1) is 44.7 Å². The monoisotopic (exact) mass is 345 g/mol. The molecule has 2 rings (SSSR count). The molecule has 23 heavy (non-hydrogen) atoms.